The van der Waals surface area contributed by atoms with Gasteiger partial charge in [0.2, 0.25) is 0 Å². The molecule has 1 heterocycles. The molecule has 0 unspecified atom stereocenters. The quantitative estimate of drug-likeness (QED) is 0.682. The molecule has 0 aromatic heterocycles. The fourth-order valence-electron chi connectivity index (χ4n) is 2.09. The van der Waals surface area contributed by atoms with Gasteiger partial charge in [0.25, 0.3) is 0 Å². The van der Waals surface area contributed by atoms with Crippen LogP contribution in [0.2, 0.25) is 0 Å². The van der Waals surface area contributed by atoms with Crippen LogP contribution in [0.3, 0.4) is 0 Å². The summed E-state index contributed by atoms with van der Waals surface area (Å²) in [6, 6.07) is 0. The zero-order valence-corrected chi connectivity index (χ0v) is 9.36. The first kappa shape index (κ1) is 11.0. The smallest absolute Gasteiger partial charge is 0.153 e. The van der Waals surface area contributed by atoms with Crippen LogP contribution in [-0.4, -0.2) is 32.6 Å². The van der Waals surface area contributed by atoms with Gasteiger partial charge in [-0.15, -0.1) is 0 Å². The van der Waals surface area contributed by atoms with Crippen molar-refractivity contribution in [2.45, 2.75) is 31.4 Å². The molecule has 1 aliphatic rings. The lowest BCUT2D eigenvalue weighted by Crippen LogP contribution is -2.47. The fourth-order valence-corrected chi connectivity index (χ4v) is 3.86. The molecule has 0 radical (unpaired) electrons. The standard InChI is InChI=1S/C9H18O3S/c1-8(2)9(13(3,10)11)4-6-12-7-5-9/h8H,4-7H2,1-3H3. The van der Waals surface area contributed by atoms with Gasteiger partial charge in [-0.2, -0.15) is 0 Å². The third-order valence-corrected chi connectivity index (χ3v) is 5.49. The van der Waals surface area contributed by atoms with E-state index in [4.69, 9.17) is 4.74 Å². The molecule has 1 saturated heterocycles. The van der Waals surface area contributed by atoms with E-state index in [2.05, 4.69) is 0 Å². The van der Waals surface area contributed by atoms with Gasteiger partial charge in [-0.05, 0) is 18.8 Å². The normalized spacial score (nSPS) is 23.4. The molecule has 0 aliphatic carbocycles. The van der Waals surface area contributed by atoms with Gasteiger partial charge < -0.3 is 4.74 Å². The molecule has 13 heavy (non-hydrogen) atoms. The first-order valence-corrected chi connectivity index (χ1v) is 6.56. The Kier molecular flexibility index (Phi) is 3.02. The minimum absolute atomic E-state index is 0.173. The molecule has 3 nitrogen and oxygen atoms in total. The third kappa shape index (κ3) is 1.89. The van der Waals surface area contributed by atoms with Crippen LogP contribution < -0.4 is 0 Å². The van der Waals surface area contributed by atoms with Crippen molar-refractivity contribution in [3.63, 3.8) is 0 Å². The Morgan fingerprint density at radius 1 is 1.23 bits per heavy atom. The average molecular weight is 206 g/mol. The molecule has 0 bridgehead atoms. The number of rotatable bonds is 2. The van der Waals surface area contributed by atoms with Gasteiger partial charge >= 0.3 is 0 Å². The fraction of sp³-hybridized carbons (Fsp3) is 1.00. The van der Waals surface area contributed by atoms with Crippen LogP contribution in [0.25, 0.3) is 0 Å². The molecule has 0 N–H and O–H groups in total. The van der Waals surface area contributed by atoms with E-state index in [1.54, 1.807) is 0 Å². The minimum Gasteiger partial charge on any atom is -0.381 e. The van der Waals surface area contributed by atoms with Crippen LogP contribution in [0.15, 0.2) is 0 Å². The molecule has 0 aromatic carbocycles. The van der Waals surface area contributed by atoms with Crippen LogP contribution in [-0.2, 0) is 14.6 Å². The van der Waals surface area contributed by atoms with E-state index >= 15 is 0 Å². The lowest BCUT2D eigenvalue weighted by Gasteiger charge is -2.38. The molecular formula is C9H18O3S. The molecule has 0 spiro atoms. The lowest BCUT2D eigenvalue weighted by atomic mass is 9.87. The van der Waals surface area contributed by atoms with Crippen molar-refractivity contribution < 1.29 is 13.2 Å². The maximum Gasteiger partial charge on any atom is 0.153 e. The van der Waals surface area contributed by atoms with Crippen LogP contribution >= 0.6 is 0 Å². The zero-order valence-electron chi connectivity index (χ0n) is 8.54. The first-order chi connectivity index (χ1) is 5.90. The Labute approximate surface area is 80.4 Å². The second-order valence-electron chi connectivity index (χ2n) is 4.10. The highest BCUT2D eigenvalue weighted by atomic mass is 32.2. The zero-order chi connectivity index (χ0) is 10.1. The van der Waals surface area contributed by atoms with Crippen molar-refractivity contribution in [3.8, 4) is 0 Å². The number of hydrogen-bond acceptors (Lipinski definition) is 3. The molecule has 78 valence electrons. The van der Waals surface area contributed by atoms with Gasteiger partial charge in [0, 0.05) is 19.5 Å². The highest BCUT2D eigenvalue weighted by Gasteiger charge is 2.44. The van der Waals surface area contributed by atoms with Gasteiger partial charge in [0.1, 0.15) is 0 Å². The lowest BCUT2D eigenvalue weighted by molar-refractivity contribution is 0.0625. The maximum atomic E-state index is 11.7. The summed E-state index contributed by atoms with van der Waals surface area (Å²) in [5.41, 5.74) is 0. The highest BCUT2D eigenvalue weighted by molar-refractivity contribution is 7.92. The molecule has 0 aromatic rings. The van der Waals surface area contributed by atoms with Crippen molar-refractivity contribution in [2.75, 3.05) is 19.5 Å². The summed E-state index contributed by atoms with van der Waals surface area (Å²) in [7, 11) is -2.97. The molecule has 0 saturated carbocycles. The largest absolute Gasteiger partial charge is 0.381 e. The van der Waals surface area contributed by atoms with E-state index in [-0.39, 0.29) is 5.92 Å². The maximum absolute atomic E-state index is 11.7. The van der Waals surface area contributed by atoms with Gasteiger partial charge in [0.15, 0.2) is 9.84 Å². The molecular weight excluding hydrogens is 188 g/mol. The van der Waals surface area contributed by atoms with Gasteiger partial charge in [0.05, 0.1) is 4.75 Å². The summed E-state index contributed by atoms with van der Waals surface area (Å²) >= 11 is 0. The summed E-state index contributed by atoms with van der Waals surface area (Å²) < 4.78 is 28.1. The van der Waals surface area contributed by atoms with Crippen molar-refractivity contribution in [1.82, 2.24) is 0 Å². The summed E-state index contributed by atoms with van der Waals surface area (Å²) in [4.78, 5) is 0. The first-order valence-electron chi connectivity index (χ1n) is 4.67. The van der Waals surface area contributed by atoms with E-state index in [0.29, 0.717) is 26.1 Å². The second-order valence-corrected chi connectivity index (χ2v) is 6.46. The number of ether oxygens (including phenoxy) is 1. The number of sulfone groups is 1. The molecule has 0 atom stereocenters. The molecule has 1 rings (SSSR count). The average Bonchev–Trinajstić information content (AvgIpc) is 2.03. The van der Waals surface area contributed by atoms with Gasteiger partial charge in [-0.25, -0.2) is 8.42 Å². The molecule has 0 amide bonds. The second kappa shape index (κ2) is 3.58. The summed E-state index contributed by atoms with van der Waals surface area (Å²) in [5, 5.41) is 0. The molecule has 1 aliphatic heterocycles. The Balaban J connectivity index is 3.00. The number of hydrogen-bond donors (Lipinski definition) is 0. The van der Waals surface area contributed by atoms with E-state index < -0.39 is 14.6 Å². The van der Waals surface area contributed by atoms with Crippen LogP contribution in [0.1, 0.15) is 26.7 Å². The molecule has 4 heteroatoms. The highest BCUT2D eigenvalue weighted by Crippen LogP contribution is 2.36. The van der Waals surface area contributed by atoms with E-state index in [1.807, 2.05) is 13.8 Å². The topological polar surface area (TPSA) is 43.4 Å². The Morgan fingerprint density at radius 3 is 1.92 bits per heavy atom. The van der Waals surface area contributed by atoms with Gasteiger partial charge in [-0.3, -0.25) is 0 Å². The van der Waals surface area contributed by atoms with Crippen LogP contribution in [0, 0.1) is 5.92 Å². The Bertz CT molecular complexity index is 261. The van der Waals surface area contributed by atoms with Crippen molar-refractivity contribution in [2.24, 2.45) is 5.92 Å². The Morgan fingerprint density at radius 2 is 1.69 bits per heavy atom. The van der Waals surface area contributed by atoms with Crippen molar-refractivity contribution >= 4 is 9.84 Å². The van der Waals surface area contributed by atoms with Crippen LogP contribution in [0.4, 0.5) is 0 Å². The van der Waals surface area contributed by atoms with Gasteiger partial charge in [-0.1, -0.05) is 13.8 Å². The minimum atomic E-state index is -2.97. The van der Waals surface area contributed by atoms with E-state index in [9.17, 15) is 8.42 Å². The SMILES string of the molecule is CC(C)C1(S(C)(=O)=O)CCOCC1. The van der Waals surface area contributed by atoms with Crippen LogP contribution in [0.5, 0.6) is 0 Å². The Hall–Kier alpha value is -0.0900. The molecule has 1 fully saturated rings. The van der Waals surface area contributed by atoms with Crippen molar-refractivity contribution in [1.29, 1.82) is 0 Å². The van der Waals surface area contributed by atoms with E-state index in [1.165, 1.54) is 6.26 Å². The summed E-state index contributed by atoms with van der Waals surface area (Å²) in [5.74, 6) is 0.173. The summed E-state index contributed by atoms with van der Waals surface area (Å²) in [6.07, 6.45) is 2.63. The van der Waals surface area contributed by atoms with E-state index in [0.717, 1.165) is 0 Å². The predicted molar refractivity (Wildman–Crippen MR) is 52.5 cm³/mol. The van der Waals surface area contributed by atoms with Crippen molar-refractivity contribution in [3.05, 3.63) is 0 Å². The third-order valence-electron chi connectivity index (χ3n) is 3.13. The monoisotopic (exact) mass is 206 g/mol. The summed E-state index contributed by atoms with van der Waals surface area (Å²) in [6.45, 7) is 5.11. The predicted octanol–water partition coefficient (Wildman–Crippen LogP) is 1.24.